The topological polar surface area (TPSA) is 75.5 Å². The fraction of sp³-hybridized carbons (Fsp3) is 0.333. The van der Waals surface area contributed by atoms with Crippen molar-refractivity contribution in [3.8, 4) is 0 Å². The van der Waals surface area contributed by atoms with Gasteiger partial charge >= 0.3 is 0 Å². The Morgan fingerprint density at radius 3 is 3.36 bits per heavy atom. The summed E-state index contributed by atoms with van der Waals surface area (Å²) in [5.41, 5.74) is 5.37. The van der Waals surface area contributed by atoms with E-state index in [0.717, 1.165) is 0 Å². The van der Waals surface area contributed by atoms with Crippen LogP contribution in [0.5, 0.6) is 0 Å². The van der Waals surface area contributed by atoms with Crippen LogP contribution in [0.1, 0.15) is 0 Å². The Balaban J connectivity index is 2.35. The van der Waals surface area contributed by atoms with Crippen molar-refractivity contribution in [3.63, 3.8) is 0 Å². The fourth-order valence-electron chi connectivity index (χ4n) is 0.976. The van der Waals surface area contributed by atoms with Crippen LogP contribution in [0.4, 0.5) is 0 Å². The lowest BCUT2D eigenvalue weighted by molar-refractivity contribution is 0.894. The highest BCUT2D eigenvalue weighted by molar-refractivity contribution is 6.12. The molecular weight excluding hydrogens is 142 g/mol. The van der Waals surface area contributed by atoms with E-state index in [2.05, 4.69) is 20.0 Å². The van der Waals surface area contributed by atoms with Crippen molar-refractivity contribution >= 4 is 24.3 Å². The second-order valence-electron chi connectivity index (χ2n) is 2.32. The molecule has 2 N–H and O–H groups in total. The molecule has 5 heteroatoms. The summed E-state index contributed by atoms with van der Waals surface area (Å²) >= 11 is 0. The number of nitrogens with zero attached hydrogens (tertiary/aromatic N) is 4. The van der Waals surface area contributed by atoms with Crippen LogP contribution < -0.4 is 5.73 Å². The Kier molecular flexibility index (Phi) is 1.28. The molecule has 0 fully saturated rings. The van der Waals surface area contributed by atoms with Crippen LogP contribution in [0, 0.1) is 5.92 Å². The van der Waals surface area contributed by atoms with Gasteiger partial charge in [-0.15, -0.1) is 0 Å². The zero-order valence-corrected chi connectivity index (χ0v) is 5.81. The van der Waals surface area contributed by atoms with E-state index in [1.54, 1.807) is 6.21 Å². The number of nitrogens with two attached hydrogens (primary N) is 1. The molecule has 0 aromatic heterocycles. The van der Waals surface area contributed by atoms with Crippen LogP contribution in [0.15, 0.2) is 20.0 Å². The molecule has 2 heterocycles. The van der Waals surface area contributed by atoms with Crippen molar-refractivity contribution in [2.45, 2.75) is 0 Å². The predicted octanol–water partition coefficient (Wildman–Crippen LogP) is -0.558. The molecule has 0 aliphatic carbocycles. The first-order valence-corrected chi connectivity index (χ1v) is 3.30. The molecule has 0 radical (unpaired) electrons. The predicted molar refractivity (Wildman–Crippen MR) is 44.4 cm³/mol. The molecule has 11 heavy (non-hydrogen) atoms. The summed E-state index contributed by atoms with van der Waals surface area (Å²) in [6, 6.07) is 0. The number of guanidine groups is 1. The first-order chi connectivity index (χ1) is 5.36. The zero-order valence-electron chi connectivity index (χ0n) is 5.81. The van der Waals surface area contributed by atoms with E-state index in [1.807, 2.05) is 0 Å². The number of fused-ring (bicyclic) bond motifs is 1. The average molecular weight is 149 g/mol. The summed E-state index contributed by atoms with van der Waals surface area (Å²) in [5, 5.41) is 0. The van der Waals surface area contributed by atoms with Crippen LogP contribution in [0.2, 0.25) is 0 Å². The Morgan fingerprint density at radius 1 is 1.55 bits per heavy atom. The number of aliphatic imine (C=N–C) groups is 4. The van der Waals surface area contributed by atoms with Gasteiger partial charge in [0.25, 0.3) is 0 Å². The largest absolute Gasteiger partial charge is 0.368 e. The normalized spacial score (nSPS) is 27.5. The molecule has 1 atom stereocenters. The van der Waals surface area contributed by atoms with Gasteiger partial charge in [-0.3, -0.25) is 4.99 Å². The molecule has 0 aromatic carbocycles. The van der Waals surface area contributed by atoms with Crippen molar-refractivity contribution in [1.82, 2.24) is 0 Å². The van der Waals surface area contributed by atoms with Crippen molar-refractivity contribution in [1.29, 1.82) is 0 Å². The lowest BCUT2D eigenvalue weighted by Crippen LogP contribution is -2.28. The standard InChI is InChI=1S/C6H7N5/c7-6-9-2-4-1-8-3-10-5(4)11-6/h2-4H,1H2,(H2,7,8,10,11). The third-order valence-corrected chi connectivity index (χ3v) is 1.52. The minimum atomic E-state index is 0.132. The number of amidine groups is 1. The van der Waals surface area contributed by atoms with Gasteiger partial charge in [-0.05, 0) is 0 Å². The van der Waals surface area contributed by atoms with Crippen molar-refractivity contribution in [2.24, 2.45) is 31.6 Å². The van der Waals surface area contributed by atoms with E-state index in [-0.39, 0.29) is 11.9 Å². The molecule has 0 aromatic rings. The maximum Gasteiger partial charge on any atom is 0.221 e. The van der Waals surface area contributed by atoms with Gasteiger partial charge in [0.2, 0.25) is 5.96 Å². The summed E-state index contributed by atoms with van der Waals surface area (Å²) in [4.78, 5) is 15.8. The first kappa shape index (κ1) is 6.21. The van der Waals surface area contributed by atoms with Crippen LogP contribution in [-0.2, 0) is 0 Å². The second-order valence-corrected chi connectivity index (χ2v) is 2.32. The van der Waals surface area contributed by atoms with Crippen molar-refractivity contribution < 1.29 is 0 Å². The van der Waals surface area contributed by atoms with Crippen LogP contribution in [0.25, 0.3) is 0 Å². The lowest BCUT2D eigenvalue weighted by atomic mass is 10.1. The van der Waals surface area contributed by atoms with Gasteiger partial charge in [0.05, 0.1) is 12.5 Å². The summed E-state index contributed by atoms with van der Waals surface area (Å²) < 4.78 is 0. The molecule has 0 bridgehead atoms. The highest BCUT2D eigenvalue weighted by Gasteiger charge is 2.18. The smallest absolute Gasteiger partial charge is 0.221 e. The minimum Gasteiger partial charge on any atom is -0.368 e. The third kappa shape index (κ3) is 1.04. The summed E-state index contributed by atoms with van der Waals surface area (Å²) in [6.07, 6.45) is 3.24. The van der Waals surface area contributed by atoms with E-state index in [0.29, 0.717) is 12.4 Å². The molecule has 1 unspecified atom stereocenters. The molecular formula is C6H7N5. The van der Waals surface area contributed by atoms with Gasteiger partial charge in [0.1, 0.15) is 12.2 Å². The molecule has 2 aliphatic heterocycles. The van der Waals surface area contributed by atoms with Crippen LogP contribution in [0.3, 0.4) is 0 Å². The molecule has 0 saturated carbocycles. The quantitative estimate of drug-likeness (QED) is 0.492. The Hall–Kier alpha value is -1.52. The minimum absolute atomic E-state index is 0.132. The van der Waals surface area contributed by atoms with Gasteiger partial charge in [-0.1, -0.05) is 0 Å². The molecule has 5 nitrogen and oxygen atoms in total. The highest BCUT2D eigenvalue weighted by atomic mass is 15.1. The average Bonchev–Trinajstić information content (AvgIpc) is 2.04. The van der Waals surface area contributed by atoms with E-state index in [9.17, 15) is 0 Å². The fourth-order valence-corrected chi connectivity index (χ4v) is 0.976. The Morgan fingerprint density at radius 2 is 2.45 bits per heavy atom. The van der Waals surface area contributed by atoms with Gasteiger partial charge in [0.15, 0.2) is 0 Å². The van der Waals surface area contributed by atoms with Crippen molar-refractivity contribution in [2.75, 3.05) is 6.54 Å². The van der Waals surface area contributed by atoms with Crippen LogP contribution in [-0.4, -0.2) is 30.9 Å². The monoisotopic (exact) mass is 149 g/mol. The van der Waals surface area contributed by atoms with Crippen LogP contribution >= 0.6 is 0 Å². The first-order valence-electron chi connectivity index (χ1n) is 3.30. The molecule has 56 valence electrons. The zero-order chi connectivity index (χ0) is 7.68. The van der Waals surface area contributed by atoms with Gasteiger partial charge in [-0.2, -0.15) is 4.99 Å². The number of hydrogen-bond acceptors (Lipinski definition) is 5. The summed E-state index contributed by atoms with van der Waals surface area (Å²) in [7, 11) is 0. The number of hydrogen-bond donors (Lipinski definition) is 1. The Labute approximate surface area is 63.5 Å². The molecule has 0 spiro atoms. The Bertz CT molecular complexity index is 285. The van der Waals surface area contributed by atoms with Gasteiger partial charge in [-0.25, -0.2) is 9.98 Å². The SMILES string of the molecule is NC1=NC2=NC=NCC2C=N1. The molecule has 0 saturated heterocycles. The van der Waals surface area contributed by atoms with E-state index >= 15 is 0 Å². The maximum absolute atomic E-state index is 5.37. The molecule has 0 amide bonds. The van der Waals surface area contributed by atoms with Crippen molar-refractivity contribution in [3.05, 3.63) is 0 Å². The second kappa shape index (κ2) is 2.26. The van der Waals surface area contributed by atoms with E-state index < -0.39 is 0 Å². The van der Waals surface area contributed by atoms with E-state index in [4.69, 9.17) is 5.73 Å². The highest BCUT2D eigenvalue weighted by Crippen LogP contribution is 2.07. The third-order valence-electron chi connectivity index (χ3n) is 1.52. The maximum atomic E-state index is 5.37. The molecule has 2 rings (SSSR count). The van der Waals surface area contributed by atoms with Gasteiger partial charge < -0.3 is 5.73 Å². The van der Waals surface area contributed by atoms with Gasteiger partial charge in [0, 0.05) is 6.21 Å². The molecule has 2 aliphatic rings. The lowest BCUT2D eigenvalue weighted by Gasteiger charge is -2.14. The summed E-state index contributed by atoms with van der Waals surface area (Å²) in [6.45, 7) is 0.680. The summed E-state index contributed by atoms with van der Waals surface area (Å²) in [5.74, 6) is 1.12. The number of rotatable bonds is 0. The van der Waals surface area contributed by atoms with E-state index in [1.165, 1.54) is 6.34 Å².